The molecule has 0 fully saturated rings. The van der Waals surface area contributed by atoms with Gasteiger partial charge in [0.1, 0.15) is 12.1 Å². The van der Waals surface area contributed by atoms with E-state index in [2.05, 4.69) is 37.5 Å². The minimum Gasteiger partial charge on any atom is -0.366 e. The van der Waals surface area contributed by atoms with Crippen LogP contribution in [-0.4, -0.2) is 29.8 Å². The standard InChI is InChI=1S/C13H17N7/c1-3-4-11-5-12(20-13(18-11)15-8-17-20)14-6-10-7-16-19-9(10)2/h5,7-8,14H,3-4,6H2,1-2H3,(H,16,19). The molecule has 0 aliphatic carbocycles. The van der Waals surface area contributed by atoms with E-state index in [-0.39, 0.29) is 0 Å². The lowest BCUT2D eigenvalue weighted by Crippen LogP contribution is -2.08. The van der Waals surface area contributed by atoms with Crippen LogP contribution in [-0.2, 0) is 13.0 Å². The monoisotopic (exact) mass is 271 g/mol. The van der Waals surface area contributed by atoms with Gasteiger partial charge in [-0.1, -0.05) is 13.3 Å². The quantitative estimate of drug-likeness (QED) is 0.738. The first kappa shape index (κ1) is 12.6. The van der Waals surface area contributed by atoms with Crippen molar-refractivity contribution >= 4 is 11.6 Å². The summed E-state index contributed by atoms with van der Waals surface area (Å²) in [6.45, 7) is 4.83. The van der Waals surface area contributed by atoms with Gasteiger partial charge in [0.15, 0.2) is 0 Å². The summed E-state index contributed by atoms with van der Waals surface area (Å²) in [4.78, 5) is 8.65. The maximum absolute atomic E-state index is 4.48. The highest BCUT2D eigenvalue weighted by molar-refractivity contribution is 5.45. The van der Waals surface area contributed by atoms with Crippen molar-refractivity contribution in [2.24, 2.45) is 0 Å². The van der Waals surface area contributed by atoms with Crippen molar-refractivity contribution in [1.82, 2.24) is 29.8 Å². The maximum Gasteiger partial charge on any atom is 0.254 e. The van der Waals surface area contributed by atoms with Crippen molar-refractivity contribution < 1.29 is 0 Å². The maximum atomic E-state index is 4.48. The summed E-state index contributed by atoms with van der Waals surface area (Å²) in [6, 6.07) is 2.03. The highest BCUT2D eigenvalue weighted by Gasteiger charge is 2.08. The van der Waals surface area contributed by atoms with Crippen LogP contribution in [0.1, 0.15) is 30.3 Å². The predicted molar refractivity (Wildman–Crippen MR) is 75.4 cm³/mol. The Hall–Kier alpha value is -2.44. The fourth-order valence-corrected chi connectivity index (χ4v) is 2.11. The summed E-state index contributed by atoms with van der Waals surface area (Å²) in [5.41, 5.74) is 3.22. The molecule has 0 spiro atoms. The largest absolute Gasteiger partial charge is 0.366 e. The zero-order valence-corrected chi connectivity index (χ0v) is 11.6. The highest BCUT2D eigenvalue weighted by atomic mass is 15.3. The first-order valence-electron chi connectivity index (χ1n) is 6.70. The smallest absolute Gasteiger partial charge is 0.254 e. The molecule has 3 aromatic rings. The third kappa shape index (κ3) is 2.34. The lowest BCUT2D eigenvalue weighted by Gasteiger charge is -2.09. The molecule has 7 nitrogen and oxygen atoms in total. The first-order chi connectivity index (χ1) is 9.78. The lowest BCUT2D eigenvalue weighted by atomic mass is 10.2. The van der Waals surface area contributed by atoms with Gasteiger partial charge in [0.2, 0.25) is 0 Å². The van der Waals surface area contributed by atoms with Crippen LogP contribution in [0.5, 0.6) is 0 Å². The summed E-state index contributed by atoms with van der Waals surface area (Å²) in [6.07, 6.45) is 5.34. The molecule has 0 atom stereocenters. The average Bonchev–Trinajstić information content (AvgIpc) is 3.05. The number of rotatable bonds is 5. The Balaban J connectivity index is 1.89. The molecule has 0 bridgehead atoms. The molecule has 20 heavy (non-hydrogen) atoms. The molecule has 0 amide bonds. The van der Waals surface area contributed by atoms with Crippen LogP contribution in [0.15, 0.2) is 18.6 Å². The second-order valence-corrected chi connectivity index (χ2v) is 4.73. The number of nitrogens with one attached hydrogen (secondary N) is 2. The van der Waals surface area contributed by atoms with E-state index in [9.17, 15) is 0 Å². The topological polar surface area (TPSA) is 83.8 Å². The fourth-order valence-electron chi connectivity index (χ4n) is 2.11. The SMILES string of the molecule is CCCc1cc(NCc2cn[nH]c2C)n2ncnc2n1. The third-order valence-electron chi connectivity index (χ3n) is 3.21. The minimum absolute atomic E-state index is 0.627. The van der Waals surface area contributed by atoms with Crippen LogP contribution in [0.25, 0.3) is 5.78 Å². The highest BCUT2D eigenvalue weighted by Crippen LogP contribution is 2.14. The number of hydrogen-bond acceptors (Lipinski definition) is 5. The third-order valence-corrected chi connectivity index (χ3v) is 3.21. The zero-order valence-electron chi connectivity index (χ0n) is 11.6. The number of H-pyrrole nitrogens is 1. The van der Waals surface area contributed by atoms with Crippen LogP contribution < -0.4 is 5.32 Å². The molecular weight excluding hydrogens is 254 g/mol. The van der Waals surface area contributed by atoms with E-state index in [0.29, 0.717) is 12.3 Å². The molecule has 0 saturated carbocycles. The van der Waals surface area contributed by atoms with Gasteiger partial charge in [0.05, 0.1) is 6.20 Å². The van der Waals surface area contributed by atoms with Crippen molar-refractivity contribution in [3.8, 4) is 0 Å². The summed E-state index contributed by atoms with van der Waals surface area (Å²) >= 11 is 0. The summed E-state index contributed by atoms with van der Waals surface area (Å²) < 4.78 is 1.72. The summed E-state index contributed by atoms with van der Waals surface area (Å²) in [5, 5.41) is 14.5. The van der Waals surface area contributed by atoms with Crippen molar-refractivity contribution in [3.63, 3.8) is 0 Å². The van der Waals surface area contributed by atoms with Crippen molar-refractivity contribution in [3.05, 3.63) is 35.5 Å². The number of aromatic amines is 1. The van der Waals surface area contributed by atoms with Crippen LogP contribution in [0.3, 0.4) is 0 Å². The molecule has 0 aliphatic heterocycles. The van der Waals surface area contributed by atoms with Crippen LogP contribution >= 0.6 is 0 Å². The average molecular weight is 271 g/mol. The van der Waals surface area contributed by atoms with Crippen molar-refractivity contribution in [2.75, 3.05) is 5.32 Å². The molecule has 2 N–H and O–H groups in total. The van der Waals surface area contributed by atoms with Gasteiger partial charge >= 0.3 is 0 Å². The Bertz CT molecular complexity index is 712. The fraction of sp³-hybridized carbons (Fsp3) is 0.385. The van der Waals surface area contributed by atoms with E-state index >= 15 is 0 Å². The van der Waals surface area contributed by atoms with Crippen LogP contribution in [0.2, 0.25) is 0 Å². The van der Waals surface area contributed by atoms with Gasteiger partial charge in [0.25, 0.3) is 5.78 Å². The molecule has 0 unspecified atom stereocenters. The van der Waals surface area contributed by atoms with Gasteiger partial charge < -0.3 is 5.32 Å². The van der Waals surface area contributed by atoms with E-state index in [4.69, 9.17) is 0 Å². The Kier molecular flexibility index (Phi) is 3.32. The molecule has 3 aromatic heterocycles. The second kappa shape index (κ2) is 5.28. The number of fused-ring (bicyclic) bond motifs is 1. The Labute approximate surface area is 116 Å². The molecule has 0 saturated heterocycles. The van der Waals surface area contributed by atoms with E-state index in [1.54, 1.807) is 4.52 Å². The molecule has 104 valence electrons. The normalized spacial score (nSPS) is 11.1. The zero-order chi connectivity index (χ0) is 13.9. The number of aryl methyl sites for hydroxylation is 2. The number of hydrogen-bond donors (Lipinski definition) is 2. The van der Waals surface area contributed by atoms with Crippen molar-refractivity contribution in [2.45, 2.75) is 33.2 Å². The van der Waals surface area contributed by atoms with Crippen LogP contribution in [0.4, 0.5) is 5.82 Å². The van der Waals surface area contributed by atoms with Gasteiger partial charge in [-0.25, -0.2) is 4.98 Å². The molecular formula is C13H17N7. The Morgan fingerprint density at radius 3 is 3.05 bits per heavy atom. The summed E-state index contributed by atoms with van der Waals surface area (Å²) in [5.74, 6) is 1.53. The molecule has 0 aromatic carbocycles. The molecule has 7 heteroatoms. The van der Waals surface area contributed by atoms with Gasteiger partial charge in [0, 0.05) is 29.6 Å². The van der Waals surface area contributed by atoms with Crippen molar-refractivity contribution in [1.29, 1.82) is 0 Å². The van der Waals surface area contributed by atoms with E-state index in [1.165, 1.54) is 6.33 Å². The van der Waals surface area contributed by atoms with E-state index in [0.717, 1.165) is 35.6 Å². The van der Waals surface area contributed by atoms with E-state index < -0.39 is 0 Å². The van der Waals surface area contributed by atoms with E-state index in [1.807, 2.05) is 19.2 Å². The number of anilines is 1. The summed E-state index contributed by atoms with van der Waals surface area (Å²) in [7, 11) is 0. The lowest BCUT2D eigenvalue weighted by molar-refractivity contribution is 0.854. The van der Waals surface area contributed by atoms with Crippen LogP contribution in [0, 0.1) is 6.92 Å². The number of aromatic nitrogens is 6. The Morgan fingerprint density at radius 2 is 2.30 bits per heavy atom. The van der Waals surface area contributed by atoms with Gasteiger partial charge in [-0.05, 0) is 13.3 Å². The molecule has 0 radical (unpaired) electrons. The van der Waals surface area contributed by atoms with Gasteiger partial charge in [-0.3, -0.25) is 5.10 Å². The number of nitrogens with zero attached hydrogens (tertiary/aromatic N) is 5. The first-order valence-corrected chi connectivity index (χ1v) is 6.70. The van der Waals surface area contributed by atoms with Gasteiger partial charge in [-0.2, -0.15) is 19.7 Å². The Morgan fingerprint density at radius 1 is 1.40 bits per heavy atom. The second-order valence-electron chi connectivity index (χ2n) is 4.73. The molecule has 3 heterocycles. The van der Waals surface area contributed by atoms with Gasteiger partial charge in [-0.15, -0.1) is 0 Å². The predicted octanol–water partition coefficient (Wildman–Crippen LogP) is 1.72. The molecule has 3 rings (SSSR count). The minimum atomic E-state index is 0.627. The molecule has 0 aliphatic rings.